The molecule has 2 aromatic rings. The van der Waals surface area contributed by atoms with E-state index in [2.05, 4.69) is 11.0 Å². The number of aromatic hydroxyl groups is 2. The minimum absolute atomic E-state index is 0.00524. The van der Waals surface area contributed by atoms with Gasteiger partial charge in [0.05, 0.1) is 47.2 Å². The molecule has 0 spiro atoms. The Balaban J connectivity index is 1.86. The first-order chi connectivity index (χ1) is 19.6. The van der Waals surface area contributed by atoms with Gasteiger partial charge in [0.1, 0.15) is 23.6 Å². The molecule has 2 bridgehead atoms. The lowest BCUT2D eigenvalue weighted by molar-refractivity contribution is -0.159. The van der Waals surface area contributed by atoms with E-state index in [4.69, 9.17) is 23.7 Å². The highest BCUT2D eigenvalue weighted by atomic mass is 16.5. The van der Waals surface area contributed by atoms with Crippen LogP contribution in [0.25, 0.3) is 0 Å². The summed E-state index contributed by atoms with van der Waals surface area (Å²) >= 11 is 0. The van der Waals surface area contributed by atoms with Crippen LogP contribution in [0.5, 0.6) is 34.5 Å². The van der Waals surface area contributed by atoms with E-state index in [1.165, 1.54) is 21.3 Å². The fourth-order valence-corrected chi connectivity index (χ4v) is 7.53. The number of fused-ring (bicyclic) bond motifs is 7. The van der Waals surface area contributed by atoms with Crippen molar-refractivity contribution in [1.29, 1.82) is 5.26 Å². The summed E-state index contributed by atoms with van der Waals surface area (Å²) in [4.78, 5) is 17.8. The van der Waals surface area contributed by atoms with Crippen LogP contribution in [0.15, 0.2) is 0 Å². The monoisotopic (exact) mass is 567 g/mol. The number of likely N-dealkylation sites (N-methyl/N-ethyl adjacent to an activating group) is 1. The highest BCUT2D eigenvalue weighted by Gasteiger charge is 2.58. The van der Waals surface area contributed by atoms with Gasteiger partial charge in [0.15, 0.2) is 23.0 Å². The molecule has 11 heteroatoms. The summed E-state index contributed by atoms with van der Waals surface area (Å²) in [5.74, 6) is 0.844. The zero-order valence-corrected chi connectivity index (χ0v) is 24.7. The average molecular weight is 568 g/mol. The second-order valence-corrected chi connectivity index (χ2v) is 10.7. The Morgan fingerprint density at radius 2 is 1.37 bits per heavy atom. The number of esters is 1. The number of nitriles is 1. The van der Waals surface area contributed by atoms with Crippen molar-refractivity contribution in [2.75, 3.05) is 42.1 Å². The molecule has 41 heavy (non-hydrogen) atoms. The molecule has 0 saturated carbocycles. The molecular weight excluding hydrogens is 530 g/mol. The fourth-order valence-electron chi connectivity index (χ4n) is 7.53. The lowest BCUT2D eigenvalue weighted by Gasteiger charge is -2.59. The Bertz CT molecular complexity index is 1450. The lowest BCUT2D eigenvalue weighted by Crippen LogP contribution is -2.68. The Hall–Kier alpha value is -3.88. The molecule has 1 unspecified atom stereocenters. The van der Waals surface area contributed by atoms with Crippen LogP contribution in [0, 0.1) is 25.2 Å². The van der Waals surface area contributed by atoms with Crippen molar-refractivity contribution in [2.45, 2.75) is 63.8 Å². The number of phenolic OH excluding ortho intramolecular Hbond substituents is 2. The quantitative estimate of drug-likeness (QED) is 0.499. The van der Waals surface area contributed by atoms with E-state index >= 15 is 0 Å². The van der Waals surface area contributed by atoms with Crippen LogP contribution in [-0.4, -0.2) is 86.2 Å². The van der Waals surface area contributed by atoms with Crippen LogP contribution in [0.4, 0.5) is 0 Å². The first-order valence-corrected chi connectivity index (χ1v) is 13.6. The highest BCUT2D eigenvalue weighted by Crippen LogP contribution is 2.59. The smallest absolute Gasteiger partial charge is 0.328 e. The number of hydrogen-bond acceptors (Lipinski definition) is 11. The summed E-state index contributed by atoms with van der Waals surface area (Å²) in [6, 6.07) is -0.731. The Morgan fingerprint density at radius 3 is 1.85 bits per heavy atom. The highest BCUT2D eigenvalue weighted by molar-refractivity contribution is 5.82. The second-order valence-electron chi connectivity index (χ2n) is 10.7. The minimum atomic E-state index is -1.12. The molecule has 0 aliphatic carbocycles. The zero-order valence-electron chi connectivity index (χ0n) is 24.7. The predicted molar refractivity (Wildman–Crippen MR) is 148 cm³/mol. The molecule has 11 nitrogen and oxygen atoms in total. The van der Waals surface area contributed by atoms with E-state index < -0.39 is 30.1 Å². The molecule has 1 fully saturated rings. The van der Waals surface area contributed by atoms with Crippen molar-refractivity contribution in [1.82, 2.24) is 9.80 Å². The van der Waals surface area contributed by atoms with Crippen LogP contribution < -0.4 is 18.9 Å². The summed E-state index contributed by atoms with van der Waals surface area (Å²) in [6.07, 6.45) is 0.699. The summed E-state index contributed by atoms with van der Waals surface area (Å²) in [6.45, 7) is 5.44. The van der Waals surface area contributed by atoms with Gasteiger partial charge in [-0.05, 0) is 40.7 Å². The molecular formula is C30H37N3O8. The Morgan fingerprint density at radius 1 is 0.878 bits per heavy atom. The van der Waals surface area contributed by atoms with Crippen molar-refractivity contribution in [3.05, 3.63) is 33.4 Å². The first-order valence-electron chi connectivity index (χ1n) is 13.6. The Labute approximate surface area is 239 Å². The first kappa shape index (κ1) is 28.6. The third-order valence-electron chi connectivity index (χ3n) is 9.05. The van der Waals surface area contributed by atoms with Gasteiger partial charge in [-0.3, -0.25) is 9.80 Å². The third kappa shape index (κ3) is 3.81. The molecule has 1 saturated heterocycles. The lowest BCUT2D eigenvalue weighted by atomic mass is 9.71. The van der Waals surface area contributed by atoms with Crippen molar-refractivity contribution in [3.8, 4) is 40.6 Å². The number of hydrogen-bond donors (Lipinski definition) is 2. The van der Waals surface area contributed by atoms with Crippen LogP contribution in [0.3, 0.4) is 0 Å². The molecule has 0 aromatic heterocycles. The summed E-state index contributed by atoms with van der Waals surface area (Å²) in [5, 5.41) is 33.8. The molecule has 2 aromatic carbocycles. The SMILES string of the molecule is CCOC(=O)C1c2c(O)c(OC)c(C)c(OC)c2C[C@H]2[C@@H]3c4c(O)c(OC)c(C)c(OC)c4C[C@H]([C@H](C#N)N12)N3C. The number of carbonyl (C=O) groups excluding carboxylic acids is 1. The van der Waals surface area contributed by atoms with Crippen molar-refractivity contribution in [2.24, 2.45) is 0 Å². The maximum atomic E-state index is 13.8. The number of rotatable bonds is 6. The van der Waals surface area contributed by atoms with Gasteiger partial charge in [0.25, 0.3) is 0 Å². The van der Waals surface area contributed by atoms with Crippen LogP contribution in [-0.2, 0) is 22.4 Å². The van der Waals surface area contributed by atoms with Gasteiger partial charge in [0.2, 0.25) is 0 Å². The topological polar surface area (TPSA) is 134 Å². The van der Waals surface area contributed by atoms with Gasteiger partial charge in [0, 0.05) is 45.5 Å². The van der Waals surface area contributed by atoms with Gasteiger partial charge < -0.3 is 33.9 Å². The van der Waals surface area contributed by atoms with E-state index in [-0.39, 0.29) is 29.9 Å². The molecule has 3 aliphatic heterocycles. The zero-order chi connectivity index (χ0) is 29.9. The summed E-state index contributed by atoms with van der Waals surface area (Å²) in [7, 11) is 7.99. The van der Waals surface area contributed by atoms with Gasteiger partial charge >= 0.3 is 5.97 Å². The van der Waals surface area contributed by atoms with Crippen molar-refractivity contribution >= 4 is 5.97 Å². The van der Waals surface area contributed by atoms with Gasteiger partial charge in [-0.25, -0.2) is 4.79 Å². The number of nitrogens with zero attached hydrogens (tertiary/aromatic N) is 3. The van der Waals surface area contributed by atoms with Crippen molar-refractivity contribution in [3.63, 3.8) is 0 Å². The van der Waals surface area contributed by atoms with Gasteiger partial charge in [-0.15, -0.1) is 0 Å². The van der Waals surface area contributed by atoms with Crippen LogP contribution in [0.1, 0.15) is 52.4 Å². The number of phenols is 2. The number of piperazine rings is 1. The normalized spacial score (nSPS) is 24.8. The van der Waals surface area contributed by atoms with E-state index in [0.29, 0.717) is 57.9 Å². The third-order valence-corrected chi connectivity index (χ3v) is 9.05. The summed E-state index contributed by atoms with van der Waals surface area (Å²) in [5.41, 5.74) is 3.65. The molecule has 3 heterocycles. The maximum Gasteiger partial charge on any atom is 0.328 e. The van der Waals surface area contributed by atoms with Crippen molar-refractivity contribution < 1.29 is 38.7 Å². The molecule has 5 rings (SSSR count). The number of methoxy groups -OCH3 is 4. The maximum absolute atomic E-state index is 13.8. The van der Waals surface area contributed by atoms with Gasteiger partial charge in [-0.2, -0.15) is 5.26 Å². The standard InChI is InChI=1S/C30H37N3O8/c1-9-41-30(36)23-21-16(27(38-6)14(3)29(40-8)25(21)35)11-18-22-20-15(10-17(32(22)4)19(12-31)33(18)23)26(37-5)13(2)28(39-7)24(20)34/h17-19,22-23,34-35H,9-11H2,1-8H3/t17-,18+,19+,22-,23?/m1/s1. The molecule has 0 amide bonds. The largest absolute Gasteiger partial charge is 0.504 e. The van der Waals surface area contributed by atoms with Gasteiger partial charge in [-0.1, -0.05) is 0 Å². The second kappa shape index (κ2) is 10.5. The van der Waals surface area contributed by atoms with E-state index in [1.54, 1.807) is 21.0 Å². The van der Waals surface area contributed by atoms with E-state index in [1.807, 2.05) is 18.9 Å². The number of ether oxygens (including phenoxy) is 5. The van der Waals surface area contributed by atoms with Crippen LogP contribution in [0.2, 0.25) is 0 Å². The Kier molecular flexibility index (Phi) is 7.34. The van der Waals surface area contributed by atoms with E-state index in [0.717, 1.165) is 5.56 Å². The molecule has 5 atom stereocenters. The minimum Gasteiger partial charge on any atom is -0.504 e. The average Bonchev–Trinajstić information content (AvgIpc) is 2.94. The number of benzene rings is 2. The summed E-state index contributed by atoms with van der Waals surface area (Å²) < 4.78 is 28.4. The van der Waals surface area contributed by atoms with E-state index in [9.17, 15) is 20.3 Å². The molecule has 3 aliphatic rings. The van der Waals surface area contributed by atoms with Crippen LogP contribution >= 0.6 is 0 Å². The predicted octanol–water partition coefficient (Wildman–Crippen LogP) is 3.08. The molecule has 220 valence electrons. The molecule has 0 radical (unpaired) electrons. The molecule has 2 N–H and O–H groups in total. The fraction of sp³-hybridized carbons (Fsp3) is 0.533. The number of carbonyl (C=O) groups is 1.